The highest BCUT2D eigenvalue weighted by molar-refractivity contribution is 6.04. The molecule has 0 heterocycles. The zero-order valence-electron chi connectivity index (χ0n) is 10.1. The van der Waals surface area contributed by atoms with E-state index in [2.05, 4.69) is 0 Å². The summed E-state index contributed by atoms with van der Waals surface area (Å²) in [4.78, 5) is 12.2. The van der Waals surface area contributed by atoms with Crippen LogP contribution in [0.2, 0.25) is 0 Å². The molecule has 0 spiro atoms. The first kappa shape index (κ1) is 12.7. The second-order valence-electron chi connectivity index (χ2n) is 4.20. The maximum atomic E-state index is 12.2. The molecule has 1 rings (SSSR count). The molecule has 0 aliphatic heterocycles. The van der Waals surface area contributed by atoms with E-state index in [4.69, 9.17) is 10.5 Å². The maximum absolute atomic E-state index is 12.2. The van der Waals surface area contributed by atoms with Crippen molar-refractivity contribution in [2.24, 2.45) is 5.73 Å². The van der Waals surface area contributed by atoms with E-state index in [1.165, 1.54) is 0 Å². The van der Waals surface area contributed by atoms with E-state index in [1.54, 1.807) is 26.2 Å². The Labute approximate surface area is 96.6 Å². The van der Waals surface area contributed by atoms with E-state index < -0.39 is 5.54 Å². The summed E-state index contributed by atoms with van der Waals surface area (Å²) < 4.78 is 5.16. The van der Waals surface area contributed by atoms with Crippen molar-refractivity contribution < 1.29 is 9.53 Å². The van der Waals surface area contributed by atoms with Gasteiger partial charge in [-0.3, -0.25) is 4.79 Å². The van der Waals surface area contributed by atoms with Gasteiger partial charge >= 0.3 is 0 Å². The van der Waals surface area contributed by atoms with E-state index in [-0.39, 0.29) is 5.78 Å². The molecule has 0 saturated heterocycles. The van der Waals surface area contributed by atoms with Gasteiger partial charge in [0.15, 0.2) is 5.78 Å². The van der Waals surface area contributed by atoms with E-state index in [9.17, 15) is 4.79 Å². The van der Waals surface area contributed by atoms with Crippen molar-refractivity contribution in [2.75, 3.05) is 7.11 Å². The number of nitrogens with two attached hydrogens (primary N) is 1. The molecular formula is C13H19NO2. The summed E-state index contributed by atoms with van der Waals surface area (Å²) in [5, 5.41) is 0. The minimum atomic E-state index is -0.816. The van der Waals surface area contributed by atoms with Gasteiger partial charge in [-0.2, -0.15) is 0 Å². The summed E-state index contributed by atoms with van der Waals surface area (Å²) >= 11 is 0. The van der Waals surface area contributed by atoms with Crippen LogP contribution in [-0.4, -0.2) is 18.4 Å². The van der Waals surface area contributed by atoms with E-state index >= 15 is 0 Å². The quantitative estimate of drug-likeness (QED) is 0.777. The number of carbonyl (C=O) groups excluding carboxylic acids is 1. The topological polar surface area (TPSA) is 52.3 Å². The Hall–Kier alpha value is -1.35. The Kier molecular flexibility index (Phi) is 4.07. The van der Waals surface area contributed by atoms with E-state index in [0.717, 1.165) is 6.42 Å². The van der Waals surface area contributed by atoms with Crippen LogP contribution in [0.5, 0.6) is 5.75 Å². The normalized spacial score (nSPS) is 14.2. The number of carbonyl (C=O) groups is 1. The van der Waals surface area contributed by atoms with Gasteiger partial charge in [-0.25, -0.2) is 0 Å². The summed E-state index contributed by atoms with van der Waals surface area (Å²) in [5.74, 6) is 0.520. The molecule has 88 valence electrons. The van der Waals surface area contributed by atoms with Crippen LogP contribution in [0.3, 0.4) is 0 Å². The second-order valence-corrected chi connectivity index (χ2v) is 4.20. The Morgan fingerprint density at radius 2 is 2.06 bits per heavy atom. The maximum Gasteiger partial charge on any atom is 0.186 e. The summed E-state index contributed by atoms with van der Waals surface area (Å²) in [6.45, 7) is 3.78. The molecule has 3 nitrogen and oxygen atoms in total. The van der Waals surface area contributed by atoms with Crippen molar-refractivity contribution >= 4 is 5.78 Å². The molecule has 1 aromatic rings. The highest BCUT2D eigenvalue weighted by atomic mass is 16.5. The molecule has 0 bridgehead atoms. The fourth-order valence-corrected chi connectivity index (χ4v) is 1.77. The van der Waals surface area contributed by atoms with Gasteiger partial charge in [0.2, 0.25) is 0 Å². The summed E-state index contributed by atoms with van der Waals surface area (Å²) in [6, 6.07) is 7.18. The number of Topliss-reactive ketones (excluding diaryl/α,β-unsaturated/α-hetero) is 1. The number of methoxy groups -OCH3 is 1. The molecule has 2 N–H and O–H groups in total. The molecule has 1 aromatic carbocycles. The third kappa shape index (κ3) is 2.61. The molecule has 3 heteroatoms. The highest BCUT2D eigenvalue weighted by Gasteiger charge is 2.29. The zero-order valence-corrected chi connectivity index (χ0v) is 10.1. The predicted molar refractivity (Wildman–Crippen MR) is 64.8 cm³/mol. The molecule has 0 amide bonds. The van der Waals surface area contributed by atoms with Crippen molar-refractivity contribution in [1.29, 1.82) is 0 Å². The summed E-state index contributed by atoms with van der Waals surface area (Å²) in [5.41, 5.74) is 5.76. The Bertz CT molecular complexity index is 372. The average Bonchev–Trinajstić information content (AvgIpc) is 2.28. The van der Waals surface area contributed by atoms with Gasteiger partial charge in [0.05, 0.1) is 18.2 Å². The van der Waals surface area contributed by atoms with E-state index in [1.807, 2.05) is 19.1 Å². The monoisotopic (exact) mass is 221 g/mol. The first-order valence-electron chi connectivity index (χ1n) is 5.49. The number of ether oxygens (including phenoxy) is 1. The van der Waals surface area contributed by atoms with Gasteiger partial charge in [-0.05, 0) is 25.5 Å². The number of hydrogen-bond acceptors (Lipinski definition) is 3. The Morgan fingerprint density at radius 3 is 2.62 bits per heavy atom. The molecule has 1 atom stereocenters. The van der Waals surface area contributed by atoms with Gasteiger partial charge in [0.1, 0.15) is 5.75 Å². The summed E-state index contributed by atoms with van der Waals surface area (Å²) in [6.07, 6.45) is 1.55. The van der Waals surface area contributed by atoms with Gasteiger partial charge in [-0.1, -0.05) is 25.5 Å². The number of hydrogen-bond donors (Lipinski definition) is 1. The molecule has 0 aromatic heterocycles. The molecular weight excluding hydrogens is 202 g/mol. The first-order chi connectivity index (χ1) is 7.53. The van der Waals surface area contributed by atoms with Gasteiger partial charge in [-0.15, -0.1) is 0 Å². The number of para-hydroxylation sites is 1. The fraction of sp³-hybridized carbons (Fsp3) is 0.462. The van der Waals surface area contributed by atoms with E-state index in [0.29, 0.717) is 17.7 Å². The van der Waals surface area contributed by atoms with Crippen LogP contribution in [0.4, 0.5) is 0 Å². The van der Waals surface area contributed by atoms with Crippen molar-refractivity contribution in [1.82, 2.24) is 0 Å². The van der Waals surface area contributed by atoms with Crippen LogP contribution in [0.1, 0.15) is 37.0 Å². The zero-order chi connectivity index (χ0) is 12.2. The van der Waals surface area contributed by atoms with Crippen molar-refractivity contribution in [3.8, 4) is 5.75 Å². The lowest BCUT2D eigenvalue weighted by Gasteiger charge is -2.23. The second kappa shape index (κ2) is 5.12. The average molecular weight is 221 g/mol. The van der Waals surface area contributed by atoms with Crippen molar-refractivity contribution in [3.05, 3.63) is 29.8 Å². The number of rotatable bonds is 5. The molecule has 0 aliphatic carbocycles. The Morgan fingerprint density at radius 1 is 1.44 bits per heavy atom. The molecule has 1 unspecified atom stereocenters. The minimum Gasteiger partial charge on any atom is -0.496 e. The molecule has 16 heavy (non-hydrogen) atoms. The molecule has 0 fully saturated rings. The molecule has 0 radical (unpaired) electrons. The van der Waals surface area contributed by atoms with Crippen LogP contribution in [0, 0.1) is 0 Å². The number of benzene rings is 1. The van der Waals surface area contributed by atoms with Crippen LogP contribution in [0.25, 0.3) is 0 Å². The smallest absolute Gasteiger partial charge is 0.186 e. The van der Waals surface area contributed by atoms with Crippen LogP contribution < -0.4 is 10.5 Å². The lowest BCUT2D eigenvalue weighted by molar-refractivity contribution is 0.0890. The first-order valence-corrected chi connectivity index (χ1v) is 5.49. The lowest BCUT2D eigenvalue weighted by atomic mass is 9.88. The van der Waals surface area contributed by atoms with Gasteiger partial charge in [0.25, 0.3) is 0 Å². The fourth-order valence-electron chi connectivity index (χ4n) is 1.77. The van der Waals surface area contributed by atoms with Gasteiger partial charge < -0.3 is 10.5 Å². The van der Waals surface area contributed by atoms with Crippen molar-refractivity contribution in [2.45, 2.75) is 32.2 Å². The Balaban J connectivity index is 3.04. The number of ketones is 1. The predicted octanol–water partition coefficient (Wildman–Crippen LogP) is 2.40. The lowest BCUT2D eigenvalue weighted by Crippen LogP contribution is -2.44. The van der Waals surface area contributed by atoms with Gasteiger partial charge in [0, 0.05) is 0 Å². The SMILES string of the molecule is CCCC(C)(N)C(=O)c1ccccc1OC. The summed E-state index contributed by atoms with van der Waals surface area (Å²) in [7, 11) is 1.56. The van der Waals surface area contributed by atoms with Crippen LogP contribution in [0.15, 0.2) is 24.3 Å². The largest absolute Gasteiger partial charge is 0.496 e. The van der Waals surface area contributed by atoms with Crippen LogP contribution >= 0.6 is 0 Å². The van der Waals surface area contributed by atoms with Crippen LogP contribution in [-0.2, 0) is 0 Å². The minimum absolute atomic E-state index is 0.0631. The third-order valence-corrected chi connectivity index (χ3v) is 2.64. The molecule has 0 aliphatic rings. The third-order valence-electron chi connectivity index (χ3n) is 2.64. The standard InChI is InChI=1S/C13H19NO2/c1-4-9-13(2,14)12(15)10-7-5-6-8-11(10)16-3/h5-8H,4,9,14H2,1-3H3. The molecule has 0 saturated carbocycles. The highest BCUT2D eigenvalue weighted by Crippen LogP contribution is 2.23. The van der Waals surface area contributed by atoms with Crippen molar-refractivity contribution in [3.63, 3.8) is 0 Å².